The van der Waals surface area contributed by atoms with Gasteiger partial charge in [-0.1, -0.05) is 42.5 Å². The molecule has 1 heterocycles. The number of piperazine rings is 1. The maximum absolute atomic E-state index is 11.9. The van der Waals surface area contributed by atoms with Crippen molar-refractivity contribution in [1.82, 2.24) is 9.80 Å². The van der Waals surface area contributed by atoms with Gasteiger partial charge in [0.2, 0.25) is 5.91 Å². The number of amides is 1. The summed E-state index contributed by atoms with van der Waals surface area (Å²) >= 11 is 0. The fourth-order valence-electron chi connectivity index (χ4n) is 2.43. The Morgan fingerprint density at radius 1 is 1.19 bits per heavy atom. The first-order chi connectivity index (χ1) is 10.3. The van der Waals surface area contributed by atoms with Crippen molar-refractivity contribution in [3.05, 3.63) is 42.0 Å². The first kappa shape index (κ1) is 15.7. The minimum atomic E-state index is 0.205. The van der Waals surface area contributed by atoms with Crippen LogP contribution in [0.4, 0.5) is 0 Å². The molecule has 1 amide bonds. The second-order valence-electron chi connectivity index (χ2n) is 5.24. The zero-order chi connectivity index (χ0) is 14.9. The maximum atomic E-state index is 11.9. The van der Waals surface area contributed by atoms with E-state index in [0.29, 0.717) is 13.0 Å². The van der Waals surface area contributed by atoms with E-state index in [1.54, 1.807) is 7.11 Å². The molecule has 0 aromatic heterocycles. The third kappa shape index (κ3) is 5.33. The van der Waals surface area contributed by atoms with E-state index in [1.807, 2.05) is 23.1 Å². The Labute approximate surface area is 127 Å². The molecule has 0 unspecified atom stereocenters. The van der Waals surface area contributed by atoms with Crippen molar-refractivity contribution in [2.45, 2.75) is 6.42 Å². The summed E-state index contributed by atoms with van der Waals surface area (Å²) in [7, 11) is 1.63. The Balaban J connectivity index is 1.69. The van der Waals surface area contributed by atoms with Crippen LogP contribution in [0.15, 0.2) is 36.4 Å². The molecule has 1 saturated heterocycles. The van der Waals surface area contributed by atoms with Gasteiger partial charge in [-0.05, 0) is 5.56 Å². The highest BCUT2D eigenvalue weighted by atomic mass is 16.5. The summed E-state index contributed by atoms with van der Waals surface area (Å²) in [6.07, 6.45) is 4.83. The van der Waals surface area contributed by atoms with Crippen LogP contribution >= 0.6 is 0 Å². The maximum Gasteiger partial charge on any atom is 0.224 e. The lowest BCUT2D eigenvalue weighted by molar-refractivity contribution is -0.133. The minimum absolute atomic E-state index is 0.205. The molecular weight excluding hydrogens is 264 g/mol. The second kappa shape index (κ2) is 8.60. The van der Waals surface area contributed by atoms with E-state index in [-0.39, 0.29) is 5.91 Å². The Morgan fingerprint density at radius 3 is 2.57 bits per heavy atom. The Morgan fingerprint density at radius 2 is 1.90 bits per heavy atom. The number of nitrogens with zero attached hydrogens (tertiary/aromatic N) is 2. The van der Waals surface area contributed by atoms with Gasteiger partial charge < -0.3 is 9.64 Å². The second-order valence-corrected chi connectivity index (χ2v) is 5.24. The number of carbonyl (C=O) groups excluding carboxylic acids is 1. The molecule has 0 N–H and O–H groups in total. The average molecular weight is 288 g/mol. The molecule has 4 nitrogen and oxygen atoms in total. The molecule has 4 heteroatoms. The fraction of sp³-hybridized carbons (Fsp3) is 0.471. The average Bonchev–Trinajstić information content (AvgIpc) is 2.54. The van der Waals surface area contributed by atoms with E-state index >= 15 is 0 Å². The van der Waals surface area contributed by atoms with Crippen molar-refractivity contribution in [1.29, 1.82) is 0 Å². The lowest BCUT2D eigenvalue weighted by atomic mass is 10.2. The number of carbonyl (C=O) groups is 1. The van der Waals surface area contributed by atoms with Crippen LogP contribution < -0.4 is 0 Å². The Kier molecular flexibility index (Phi) is 6.44. The first-order valence-electron chi connectivity index (χ1n) is 7.50. The van der Waals surface area contributed by atoms with E-state index < -0.39 is 0 Å². The third-order valence-corrected chi connectivity index (χ3v) is 3.72. The van der Waals surface area contributed by atoms with Gasteiger partial charge in [0, 0.05) is 39.8 Å². The van der Waals surface area contributed by atoms with Gasteiger partial charge in [0.05, 0.1) is 13.0 Å². The molecule has 0 aliphatic carbocycles. The van der Waals surface area contributed by atoms with Gasteiger partial charge in [-0.2, -0.15) is 0 Å². The van der Waals surface area contributed by atoms with Crippen LogP contribution in [0.25, 0.3) is 6.08 Å². The lowest BCUT2D eigenvalue weighted by Gasteiger charge is -2.34. The van der Waals surface area contributed by atoms with Crippen LogP contribution in [0, 0.1) is 0 Å². The summed E-state index contributed by atoms with van der Waals surface area (Å²) in [4.78, 5) is 16.2. The van der Waals surface area contributed by atoms with Gasteiger partial charge in [-0.25, -0.2) is 0 Å². The fourth-order valence-corrected chi connectivity index (χ4v) is 2.43. The molecule has 0 spiro atoms. The minimum Gasteiger partial charge on any atom is -0.384 e. The number of ether oxygens (including phenoxy) is 1. The predicted octanol–water partition coefficient (Wildman–Crippen LogP) is 1.88. The molecule has 114 valence electrons. The van der Waals surface area contributed by atoms with E-state index in [1.165, 1.54) is 5.56 Å². The van der Waals surface area contributed by atoms with E-state index in [2.05, 4.69) is 29.2 Å². The summed E-state index contributed by atoms with van der Waals surface area (Å²) in [6, 6.07) is 10.3. The van der Waals surface area contributed by atoms with Crippen molar-refractivity contribution in [2.24, 2.45) is 0 Å². The number of rotatable bonds is 6. The molecule has 2 rings (SSSR count). The highest BCUT2D eigenvalue weighted by Gasteiger charge is 2.19. The van der Waals surface area contributed by atoms with Crippen molar-refractivity contribution < 1.29 is 9.53 Å². The number of hydrogen-bond donors (Lipinski definition) is 0. The Bertz CT molecular complexity index is 451. The quantitative estimate of drug-likeness (QED) is 0.801. The van der Waals surface area contributed by atoms with Crippen molar-refractivity contribution in [3.63, 3.8) is 0 Å². The smallest absolute Gasteiger partial charge is 0.224 e. The van der Waals surface area contributed by atoms with Crippen molar-refractivity contribution >= 4 is 12.0 Å². The summed E-state index contributed by atoms with van der Waals surface area (Å²) < 4.78 is 4.95. The molecule has 0 radical (unpaired) electrons. The molecule has 1 aliphatic rings. The molecule has 1 fully saturated rings. The molecule has 0 saturated carbocycles. The van der Waals surface area contributed by atoms with Crippen LogP contribution in [0.3, 0.4) is 0 Å². The molecule has 0 atom stereocenters. The van der Waals surface area contributed by atoms with Crippen molar-refractivity contribution in [3.8, 4) is 0 Å². The molecule has 1 aliphatic heterocycles. The summed E-state index contributed by atoms with van der Waals surface area (Å²) in [5.41, 5.74) is 1.23. The standard InChI is InChI=1S/C17H24N2O2/c1-21-15-9-17(20)19-13-11-18(12-14-19)10-5-8-16-6-3-2-4-7-16/h2-8H,9-15H2,1H3/b8-5+. The largest absolute Gasteiger partial charge is 0.384 e. The molecule has 0 bridgehead atoms. The molecule has 21 heavy (non-hydrogen) atoms. The van der Waals surface area contributed by atoms with Crippen LogP contribution in [0.2, 0.25) is 0 Å². The molecular formula is C17H24N2O2. The SMILES string of the molecule is COCCC(=O)N1CCN(C/C=C/c2ccccc2)CC1. The van der Waals surface area contributed by atoms with Crippen LogP contribution in [-0.2, 0) is 9.53 Å². The zero-order valence-corrected chi connectivity index (χ0v) is 12.7. The van der Waals surface area contributed by atoms with Crippen LogP contribution in [0.5, 0.6) is 0 Å². The van der Waals surface area contributed by atoms with Gasteiger partial charge in [0.25, 0.3) is 0 Å². The number of hydrogen-bond acceptors (Lipinski definition) is 3. The molecule has 1 aromatic rings. The highest BCUT2D eigenvalue weighted by molar-refractivity contribution is 5.76. The summed E-state index contributed by atoms with van der Waals surface area (Å²) in [5, 5.41) is 0. The monoisotopic (exact) mass is 288 g/mol. The van der Waals surface area contributed by atoms with Crippen molar-refractivity contribution in [2.75, 3.05) is 46.4 Å². The Hall–Kier alpha value is -1.65. The lowest BCUT2D eigenvalue weighted by Crippen LogP contribution is -2.48. The third-order valence-electron chi connectivity index (χ3n) is 3.72. The number of methoxy groups -OCH3 is 1. The molecule has 1 aromatic carbocycles. The summed E-state index contributed by atoms with van der Waals surface area (Å²) in [6.45, 7) is 4.98. The normalized spacial score (nSPS) is 16.5. The predicted molar refractivity (Wildman–Crippen MR) is 85.0 cm³/mol. The number of benzene rings is 1. The van der Waals surface area contributed by atoms with E-state index in [4.69, 9.17) is 4.74 Å². The highest BCUT2D eigenvalue weighted by Crippen LogP contribution is 2.05. The first-order valence-corrected chi connectivity index (χ1v) is 7.50. The zero-order valence-electron chi connectivity index (χ0n) is 12.7. The summed E-state index contributed by atoms with van der Waals surface area (Å²) in [5.74, 6) is 0.205. The van der Waals surface area contributed by atoms with Gasteiger partial charge in [0.15, 0.2) is 0 Å². The van der Waals surface area contributed by atoms with Crippen LogP contribution in [-0.4, -0.2) is 62.1 Å². The topological polar surface area (TPSA) is 32.8 Å². The van der Waals surface area contributed by atoms with E-state index in [9.17, 15) is 4.79 Å². The van der Waals surface area contributed by atoms with Crippen LogP contribution in [0.1, 0.15) is 12.0 Å². The van der Waals surface area contributed by atoms with Gasteiger partial charge in [-0.3, -0.25) is 9.69 Å². The van der Waals surface area contributed by atoms with Gasteiger partial charge in [0.1, 0.15) is 0 Å². The van der Waals surface area contributed by atoms with E-state index in [0.717, 1.165) is 32.7 Å². The van der Waals surface area contributed by atoms with Gasteiger partial charge in [-0.15, -0.1) is 0 Å². The van der Waals surface area contributed by atoms with Gasteiger partial charge >= 0.3 is 0 Å².